The van der Waals surface area contributed by atoms with E-state index in [9.17, 15) is 19.2 Å². The molecule has 0 aromatic carbocycles. The Morgan fingerprint density at radius 1 is 1.09 bits per heavy atom. The largest absolute Gasteiger partial charge is 0.480 e. The average molecular weight is 316 g/mol. The zero-order valence-electron chi connectivity index (χ0n) is 13.3. The second-order valence-corrected chi connectivity index (χ2v) is 5.40. The maximum absolute atomic E-state index is 12.1. The molecule has 0 saturated heterocycles. The second-order valence-electron chi connectivity index (χ2n) is 5.40. The van der Waals surface area contributed by atoms with E-state index >= 15 is 0 Å². The predicted octanol–water partition coefficient (Wildman–Crippen LogP) is 0.0598. The minimum absolute atomic E-state index is 0.0811. The number of carbonyl (C=O) groups is 4. The normalized spacial score (nSPS) is 13.1. The molecule has 0 radical (unpaired) electrons. The van der Waals surface area contributed by atoms with E-state index in [0.29, 0.717) is 6.42 Å². The molecule has 0 bridgehead atoms. The molecule has 8 heteroatoms. The molecular formula is C14H24N2O6. The van der Waals surface area contributed by atoms with Crippen LogP contribution in [0.4, 0.5) is 0 Å². The maximum Gasteiger partial charge on any atom is 0.326 e. The molecule has 0 fully saturated rings. The van der Waals surface area contributed by atoms with Crippen LogP contribution < -0.4 is 10.6 Å². The van der Waals surface area contributed by atoms with Crippen LogP contribution in [0.15, 0.2) is 0 Å². The first-order valence-electron chi connectivity index (χ1n) is 7.04. The van der Waals surface area contributed by atoms with Gasteiger partial charge in [0.15, 0.2) is 0 Å². The van der Waals surface area contributed by atoms with Crippen molar-refractivity contribution in [2.24, 2.45) is 5.92 Å². The van der Waals surface area contributed by atoms with Crippen LogP contribution in [0.25, 0.3) is 0 Å². The molecule has 0 aliphatic carbocycles. The first-order chi connectivity index (χ1) is 10.2. The molecule has 0 aromatic rings. The summed E-state index contributed by atoms with van der Waals surface area (Å²) in [6, 6.07) is -2.02. The summed E-state index contributed by atoms with van der Waals surface area (Å²) in [5.74, 6) is -2.62. The lowest BCUT2D eigenvalue weighted by atomic mass is 10.0. The number of ether oxygens (including phenoxy) is 1. The Balaban J connectivity index is 4.77. The van der Waals surface area contributed by atoms with Gasteiger partial charge in [0.1, 0.15) is 12.1 Å². The van der Waals surface area contributed by atoms with E-state index < -0.39 is 29.9 Å². The van der Waals surface area contributed by atoms with Gasteiger partial charge in [-0.3, -0.25) is 14.4 Å². The van der Waals surface area contributed by atoms with E-state index in [1.54, 1.807) is 0 Å². The van der Waals surface area contributed by atoms with Gasteiger partial charge in [0.2, 0.25) is 11.8 Å². The summed E-state index contributed by atoms with van der Waals surface area (Å²) in [6.45, 7) is 5.05. The second kappa shape index (κ2) is 9.75. The van der Waals surface area contributed by atoms with Gasteiger partial charge in [-0.15, -0.1) is 0 Å². The highest BCUT2D eigenvalue weighted by atomic mass is 16.5. The van der Waals surface area contributed by atoms with E-state index in [1.807, 2.05) is 13.8 Å². The van der Waals surface area contributed by atoms with Gasteiger partial charge < -0.3 is 20.5 Å². The number of carboxylic acids is 1. The molecule has 22 heavy (non-hydrogen) atoms. The van der Waals surface area contributed by atoms with E-state index in [0.717, 1.165) is 0 Å². The van der Waals surface area contributed by atoms with Crippen molar-refractivity contribution in [3.63, 3.8) is 0 Å². The molecule has 0 aromatic heterocycles. The van der Waals surface area contributed by atoms with Gasteiger partial charge in [0, 0.05) is 13.3 Å². The highest BCUT2D eigenvalue weighted by Crippen LogP contribution is 2.07. The van der Waals surface area contributed by atoms with Gasteiger partial charge >= 0.3 is 11.9 Å². The van der Waals surface area contributed by atoms with E-state index in [-0.39, 0.29) is 24.7 Å². The molecule has 2 amide bonds. The quantitative estimate of drug-likeness (QED) is 0.517. The Kier molecular flexibility index (Phi) is 8.81. The molecule has 0 aliphatic rings. The number of methoxy groups -OCH3 is 1. The van der Waals surface area contributed by atoms with Crippen LogP contribution in [0, 0.1) is 5.92 Å². The topological polar surface area (TPSA) is 122 Å². The number of esters is 1. The third-order valence-corrected chi connectivity index (χ3v) is 2.88. The summed E-state index contributed by atoms with van der Waals surface area (Å²) in [4.78, 5) is 45.5. The number of nitrogens with one attached hydrogen (secondary N) is 2. The first-order valence-corrected chi connectivity index (χ1v) is 7.04. The Morgan fingerprint density at radius 2 is 1.68 bits per heavy atom. The molecule has 8 nitrogen and oxygen atoms in total. The van der Waals surface area contributed by atoms with Crippen LogP contribution in [0.3, 0.4) is 0 Å². The van der Waals surface area contributed by atoms with Gasteiger partial charge in [-0.25, -0.2) is 4.79 Å². The lowest BCUT2D eigenvalue weighted by Gasteiger charge is -2.22. The van der Waals surface area contributed by atoms with Gasteiger partial charge in [-0.2, -0.15) is 0 Å². The number of aliphatic carboxylic acids is 1. The van der Waals surface area contributed by atoms with E-state index in [1.165, 1.54) is 14.0 Å². The monoisotopic (exact) mass is 316 g/mol. The fourth-order valence-corrected chi connectivity index (χ4v) is 1.84. The summed E-state index contributed by atoms with van der Waals surface area (Å²) in [7, 11) is 1.20. The third-order valence-electron chi connectivity index (χ3n) is 2.88. The van der Waals surface area contributed by atoms with Crippen LogP contribution in [0.2, 0.25) is 0 Å². The van der Waals surface area contributed by atoms with Crippen molar-refractivity contribution in [3.8, 4) is 0 Å². The van der Waals surface area contributed by atoms with Crippen LogP contribution in [-0.4, -0.2) is 48.1 Å². The predicted molar refractivity (Wildman–Crippen MR) is 77.9 cm³/mol. The fourth-order valence-electron chi connectivity index (χ4n) is 1.84. The molecular weight excluding hydrogens is 292 g/mol. The third kappa shape index (κ3) is 8.23. The molecule has 2 atom stereocenters. The number of hydrogen-bond donors (Lipinski definition) is 3. The van der Waals surface area contributed by atoms with Crippen molar-refractivity contribution >= 4 is 23.8 Å². The van der Waals surface area contributed by atoms with Gasteiger partial charge in [0.05, 0.1) is 7.11 Å². The minimum Gasteiger partial charge on any atom is -0.480 e. The summed E-state index contributed by atoms with van der Waals surface area (Å²) >= 11 is 0. The van der Waals surface area contributed by atoms with Gasteiger partial charge in [0.25, 0.3) is 0 Å². The zero-order valence-corrected chi connectivity index (χ0v) is 13.3. The smallest absolute Gasteiger partial charge is 0.326 e. The van der Waals surface area contributed by atoms with Crippen molar-refractivity contribution in [3.05, 3.63) is 0 Å². The van der Waals surface area contributed by atoms with Crippen molar-refractivity contribution < 1.29 is 29.0 Å². The Hall–Kier alpha value is -2.12. The number of amides is 2. The summed E-state index contributed by atoms with van der Waals surface area (Å²) in [5, 5.41) is 13.9. The van der Waals surface area contributed by atoms with Crippen LogP contribution in [-0.2, 0) is 23.9 Å². The van der Waals surface area contributed by atoms with Gasteiger partial charge in [-0.1, -0.05) is 13.8 Å². The fraction of sp³-hybridized carbons (Fsp3) is 0.714. The molecule has 0 saturated carbocycles. The standard InChI is InChI=1S/C14H24N2O6/c1-8(2)7-11(15-9(3)17)13(19)16-10(14(20)21)5-6-12(18)22-4/h8,10-11H,5-7H2,1-4H3,(H,15,17)(H,16,19)(H,20,21)/t10-,11-/m0/s1. The van der Waals surface area contributed by atoms with E-state index in [4.69, 9.17) is 5.11 Å². The summed E-state index contributed by atoms with van der Waals surface area (Å²) in [5.41, 5.74) is 0. The molecule has 0 unspecified atom stereocenters. The maximum atomic E-state index is 12.1. The highest BCUT2D eigenvalue weighted by molar-refractivity contribution is 5.90. The lowest BCUT2D eigenvalue weighted by molar-refractivity contribution is -0.144. The zero-order chi connectivity index (χ0) is 17.3. The van der Waals surface area contributed by atoms with Crippen molar-refractivity contribution in [1.82, 2.24) is 10.6 Å². The van der Waals surface area contributed by atoms with Gasteiger partial charge in [-0.05, 0) is 18.8 Å². The van der Waals surface area contributed by atoms with Crippen LogP contribution in [0.5, 0.6) is 0 Å². The molecule has 0 spiro atoms. The van der Waals surface area contributed by atoms with Crippen LogP contribution in [0.1, 0.15) is 40.0 Å². The molecule has 0 rings (SSSR count). The minimum atomic E-state index is -1.25. The first kappa shape index (κ1) is 19.9. The highest BCUT2D eigenvalue weighted by Gasteiger charge is 2.26. The number of hydrogen-bond acceptors (Lipinski definition) is 5. The number of carbonyl (C=O) groups excluding carboxylic acids is 3. The summed E-state index contributed by atoms with van der Waals surface area (Å²) in [6.07, 6.45) is 0.180. The Labute approximate surface area is 129 Å². The average Bonchev–Trinajstić information content (AvgIpc) is 2.40. The Bertz CT molecular complexity index is 422. The van der Waals surface area contributed by atoms with Crippen molar-refractivity contribution in [1.29, 1.82) is 0 Å². The molecule has 0 heterocycles. The van der Waals surface area contributed by atoms with E-state index in [2.05, 4.69) is 15.4 Å². The van der Waals surface area contributed by atoms with Crippen LogP contribution >= 0.6 is 0 Å². The Morgan fingerprint density at radius 3 is 2.09 bits per heavy atom. The van der Waals surface area contributed by atoms with Crippen molar-refractivity contribution in [2.75, 3.05) is 7.11 Å². The number of carboxylic acid groups (broad SMARTS) is 1. The SMILES string of the molecule is COC(=O)CC[C@H](NC(=O)[C@H](CC(C)C)NC(C)=O)C(=O)O. The molecule has 3 N–H and O–H groups in total. The molecule has 0 aliphatic heterocycles. The lowest BCUT2D eigenvalue weighted by Crippen LogP contribution is -2.51. The molecule has 126 valence electrons. The number of rotatable bonds is 9. The van der Waals surface area contributed by atoms with Crippen molar-refractivity contribution in [2.45, 2.75) is 52.1 Å². The summed E-state index contributed by atoms with van der Waals surface area (Å²) < 4.78 is 4.44.